The Hall–Kier alpha value is -3.53. The highest BCUT2D eigenvalue weighted by atomic mass is 32.2. The van der Waals surface area contributed by atoms with Gasteiger partial charge in [-0.05, 0) is 24.5 Å². The first-order valence-corrected chi connectivity index (χ1v) is 11.1. The summed E-state index contributed by atoms with van der Waals surface area (Å²) >= 11 is 1.10. The van der Waals surface area contributed by atoms with Gasteiger partial charge < -0.3 is 10.6 Å². The zero-order chi connectivity index (χ0) is 22.9. The Balaban J connectivity index is 1.74. The minimum Gasteiger partial charge on any atom is -0.325 e. The van der Waals surface area contributed by atoms with Gasteiger partial charge in [0.1, 0.15) is 5.25 Å². The molecule has 0 bridgehead atoms. The van der Waals surface area contributed by atoms with Crippen LogP contribution in [0.2, 0.25) is 0 Å². The number of nitro groups is 1. The summed E-state index contributed by atoms with van der Waals surface area (Å²) in [5.74, 6) is -0.775. The number of thioether (sulfide) groups is 1. The minimum absolute atomic E-state index is 0.0322. The average molecular weight is 454 g/mol. The van der Waals surface area contributed by atoms with Crippen molar-refractivity contribution >= 4 is 45.8 Å². The number of benzene rings is 2. The van der Waals surface area contributed by atoms with Crippen molar-refractivity contribution in [1.29, 1.82) is 0 Å². The number of carbonyl (C=O) groups is 2. The Bertz CT molecular complexity index is 1060. The Morgan fingerprint density at radius 3 is 2.75 bits per heavy atom. The van der Waals surface area contributed by atoms with Crippen molar-refractivity contribution in [2.45, 2.75) is 37.9 Å². The number of anilines is 1. The lowest BCUT2D eigenvalue weighted by atomic mass is 10.1. The van der Waals surface area contributed by atoms with Crippen molar-refractivity contribution in [2.24, 2.45) is 10.2 Å². The van der Waals surface area contributed by atoms with Crippen LogP contribution < -0.4 is 10.6 Å². The van der Waals surface area contributed by atoms with Gasteiger partial charge in [0.25, 0.3) is 5.69 Å². The van der Waals surface area contributed by atoms with E-state index in [0.29, 0.717) is 5.69 Å². The van der Waals surface area contributed by atoms with E-state index in [9.17, 15) is 19.7 Å². The highest BCUT2D eigenvalue weighted by Gasteiger charge is 2.30. The normalized spacial score (nSPS) is 17.7. The monoisotopic (exact) mass is 453 g/mol. The smallest absolute Gasteiger partial charge is 0.271 e. The van der Waals surface area contributed by atoms with Crippen LogP contribution in [0.4, 0.5) is 11.4 Å². The molecule has 2 aromatic rings. The van der Waals surface area contributed by atoms with E-state index in [0.717, 1.165) is 42.3 Å². The van der Waals surface area contributed by atoms with Crippen LogP contribution in [0.1, 0.15) is 38.2 Å². The molecule has 1 aliphatic rings. The summed E-state index contributed by atoms with van der Waals surface area (Å²) in [4.78, 5) is 35.2. The van der Waals surface area contributed by atoms with Crippen LogP contribution in [0, 0.1) is 10.1 Å². The molecular weight excluding hydrogens is 430 g/mol. The highest BCUT2D eigenvalue weighted by Crippen LogP contribution is 2.24. The number of non-ortho nitro benzene ring substituents is 1. The van der Waals surface area contributed by atoms with Gasteiger partial charge in [0.05, 0.1) is 10.6 Å². The molecule has 0 radical (unpaired) electrons. The number of amides is 2. The molecule has 2 aromatic carbocycles. The van der Waals surface area contributed by atoms with Crippen LogP contribution in [0.5, 0.6) is 0 Å². The van der Waals surface area contributed by atoms with Crippen molar-refractivity contribution in [3.63, 3.8) is 0 Å². The number of nitrogens with zero attached hydrogens (tertiary/aromatic N) is 3. The zero-order valence-corrected chi connectivity index (χ0v) is 18.3. The summed E-state index contributed by atoms with van der Waals surface area (Å²) < 4.78 is 0. The molecule has 2 amide bonds. The van der Waals surface area contributed by atoms with Gasteiger partial charge in [-0.2, -0.15) is 5.10 Å². The van der Waals surface area contributed by atoms with Gasteiger partial charge in [0.15, 0.2) is 5.17 Å². The second-order valence-electron chi connectivity index (χ2n) is 7.08. The van der Waals surface area contributed by atoms with E-state index in [1.54, 1.807) is 6.07 Å². The maximum absolute atomic E-state index is 12.7. The molecule has 0 saturated carbocycles. The number of rotatable bonds is 8. The second-order valence-corrected chi connectivity index (χ2v) is 8.27. The van der Waals surface area contributed by atoms with E-state index in [2.05, 4.69) is 27.8 Å². The number of nitro benzene ring substituents is 1. The quantitative estimate of drug-likeness (QED) is 0.353. The van der Waals surface area contributed by atoms with Gasteiger partial charge in [-0.1, -0.05) is 61.5 Å². The van der Waals surface area contributed by atoms with E-state index < -0.39 is 16.1 Å². The maximum Gasteiger partial charge on any atom is 0.271 e. The van der Waals surface area contributed by atoms with Crippen molar-refractivity contribution in [1.82, 2.24) is 5.32 Å². The molecule has 0 spiro atoms. The third-order valence-electron chi connectivity index (χ3n) is 4.62. The van der Waals surface area contributed by atoms with E-state index in [-0.39, 0.29) is 23.2 Å². The van der Waals surface area contributed by atoms with E-state index >= 15 is 0 Å². The summed E-state index contributed by atoms with van der Waals surface area (Å²) in [6.07, 6.45) is 2.67. The standard InChI is InChI=1S/C22H23N5O4S/c1-2-3-12-18(15-8-5-4-6-9-15)25-26-22-24-20(28)14-19(32-22)21(29)23-16-10-7-11-17(13-16)27(30)31/h4-11,13,19H,2-3,12,14H2,1H3,(H,23,29)(H,24,26,28)/b25-18+/t19-/m1/s1. The van der Waals surface area contributed by atoms with Crippen LogP contribution >= 0.6 is 11.8 Å². The fourth-order valence-electron chi connectivity index (χ4n) is 2.99. The Labute approximate surface area is 189 Å². The predicted molar refractivity (Wildman–Crippen MR) is 126 cm³/mol. The molecule has 1 aliphatic heterocycles. The lowest BCUT2D eigenvalue weighted by Crippen LogP contribution is -2.41. The van der Waals surface area contributed by atoms with Gasteiger partial charge in [-0.25, -0.2) is 0 Å². The van der Waals surface area contributed by atoms with Gasteiger partial charge in [-0.15, -0.1) is 5.10 Å². The number of amidine groups is 1. The van der Waals surface area contributed by atoms with Crippen molar-refractivity contribution in [3.05, 3.63) is 70.3 Å². The maximum atomic E-state index is 12.7. The molecule has 2 N–H and O–H groups in total. The lowest BCUT2D eigenvalue weighted by molar-refractivity contribution is -0.384. The average Bonchev–Trinajstić information content (AvgIpc) is 2.79. The molecule has 10 heteroatoms. The fraction of sp³-hybridized carbons (Fsp3) is 0.273. The molecular formula is C22H23N5O4S. The predicted octanol–water partition coefficient (Wildman–Crippen LogP) is 4.11. The van der Waals surface area contributed by atoms with Crippen LogP contribution in [-0.2, 0) is 9.59 Å². The summed E-state index contributed by atoms with van der Waals surface area (Å²) in [6, 6.07) is 15.3. The summed E-state index contributed by atoms with van der Waals surface area (Å²) in [7, 11) is 0. The van der Waals surface area contributed by atoms with E-state index in [4.69, 9.17) is 0 Å². The largest absolute Gasteiger partial charge is 0.325 e. The molecule has 0 aliphatic carbocycles. The number of unbranched alkanes of at least 4 members (excludes halogenated alkanes) is 1. The highest BCUT2D eigenvalue weighted by molar-refractivity contribution is 8.15. The molecule has 32 heavy (non-hydrogen) atoms. The molecule has 0 aromatic heterocycles. The molecule has 3 rings (SSSR count). The number of nitrogens with one attached hydrogen (secondary N) is 2. The Morgan fingerprint density at radius 1 is 1.25 bits per heavy atom. The van der Waals surface area contributed by atoms with Crippen molar-refractivity contribution in [2.75, 3.05) is 5.32 Å². The topological polar surface area (TPSA) is 126 Å². The van der Waals surface area contributed by atoms with Gasteiger partial charge in [0, 0.05) is 24.2 Å². The second kappa shape index (κ2) is 11.2. The third kappa shape index (κ3) is 6.48. The van der Waals surface area contributed by atoms with Crippen LogP contribution in [0.3, 0.4) is 0 Å². The molecule has 0 unspecified atom stereocenters. The third-order valence-corrected chi connectivity index (χ3v) is 5.70. The molecule has 9 nitrogen and oxygen atoms in total. The summed E-state index contributed by atoms with van der Waals surface area (Å²) in [5, 5.41) is 24.3. The molecule has 1 atom stereocenters. The summed E-state index contributed by atoms with van der Waals surface area (Å²) in [6.45, 7) is 2.09. The first-order valence-electron chi connectivity index (χ1n) is 10.2. The fourth-order valence-corrected chi connectivity index (χ4v) is 3.92. The van der Waals surface area contributed by atoms with Gasteiger partial charge in [-0.3, -0.25) is 19.7 Å². The lowest BCUT2D eigenvalue weighted by Gasteiger charge is -2.21. The Kier molecular flexibility index (Phi) is 8.09. The minimum atomic E-state index is -0.729. The molecule has 166 valence electrons. The molecule has 1 saturated heterocycles. The summed E-state index contributed by atoms with van der Waals surface area (Å²) in [5.41, 5.74) is 1.92. The zero-order valence-electron chi connectivity index (χ0n) is 17.5. The van der Waals surface area contributed by atoms with Crippen LogP contribution in [0.15, 0.2) is 64.8 Å². The first kappa shape index (κ1) is 23.1. The first-order chi connectivity index (χ1) is 15.5. The van der Waals surface area contributed by atoms with Gasteiger partial charge in [0.2, 0.25) is 11.8 Å². The van der Waals surface area contributed by atoms with Crippen LogP contribution in [0.25, 0.3) is 0 Å². The van der Waals surface area contributed by atoms with Gasteiger partial charge >= 0.3 is 0 Å². The molecule has 1 heterocycles. The van der Waals surface area contributed by atoms with E-state index in [1.165, 1.54) is 18.2 Å². The SMILES string of the molecule is CCCC/C(=N\N=C1/NC(=O)C[C@H](C(=O)Nc2cccc([N+](=O)[O-])c2)S1)c1ccccc1. The van der Waals surface area contributed by atoms with E-state index in [1.807, 2.05) is 30.3 Å². The molecule has 1 fully saturated rings. The number of carbonyl (C=O) groups excluding carboxylic acids is 2. The van der Waals surface area contributed by atoms with Crippen LogP contribution in [-0.4, -0.2) is 32.9 Å². The van der Waals surface area contributed by atoms with Crippen molar-refractivity contribution < 1.29 is 14.5 Å². The number of hydrogen-bond donors (Lipinski definition) is 2. The Morgan fingerprint density at radius 2 is 2.03 bits per heavy atom. The number of hydrogen-bond acceptors (Lipinski definition) is 7. The van der Waals surface area contributed by atoms with Crippen molar-refractivity contribution in [3.8, 4) is 0 Å².